The first-order valence-electron chi connectivity index (χ1n) is 4.51. The van der Waals surface area contributed by atoms with E-state index in [1.165, 1.54) is 11.1 Å². The van der Waals surface area contributed by atoms with E-state index in [1.807, 2.05) is 0 Å². The molecule has 1 amide bonds. The SMILES string of the molecule is O=C(O)[C@@H]1CCCN1C(=O)c1cnsn1. The first kappa shape index (κ1) is 10.0. The number of carbonyl (C=O) groups excluding carboxylic acids is 1. The summed E-state index contributed by atoms with van der Waals surface area (Å²) in [5, 5.41) is 8.90. The van der Waals surface area contributed by atoms with Gasteiger partial charge < -0.3 is 10.0 Å². The highest BCUT2D eigenvalue weighted by Gasteiger charge is 2.35. The summed E-state index contributed by atoms with van der Waals surface area (Å²) in [5.74, 6) is -1.29. The van der Waals surface area contributed by atoms with Gasteiger partial charge in [-0.15, -0.1) is 0 Å². The maximum Gasteiger partial charge on any atom is 0.326 e. The summed E-state index contributed by atoms with van der Waals surface area (Å²) in [6.45, 7) is 0.479. The van der Waals surface area contributed by atoms with Gasteiger partial charge in [-0.1, -0.05) is 0 Å². The van der Waals surface area contributed by atoms with Crippen molar-refractivity contribution in [2.45, 2.75) is 18.9 Å². The van der Waals surface area contributed by atoms with Crippen molar-refractivity contribution in [3.8, 4) is 0 Å². The van der Waals surface area contributed by atoms with Gasteiger partial charge in [-0.2, -0.15) is 8.75 Å². The van der Waals surface area contributed by atoms with Gasteiger partial charge in [0.15, 0.2) is 5.69 Å². The molecule has 0 aliphatic carbocycles. The molecule has 6 nitrogen and oxygen atoms in total. The molecular weight excluding hydrogens is 218 g/mol. The lowest BCUT2D eigenvalue weighted by Gasteiger charge is -2.19. The van der Waals surface area contributed by atoms with Crippen molar-refractivity contribution in [2.75, 3.05) is 6.54 Å². The number of carboxylic acids is 1. The van der Waals surface area contributed by atoms with Gasteiger partial charge >= 0.3 is 5.97 Å². The number of hydrogen-bond acceptors (Lipinski definition) is 5. The second-order valence-corrected chi connectivity index (χ2v) is 3.84. The first-order valence-corrected chi connectivity index (χ1v) is 5.24. The third-order valence-corrected chi connectivity index (χ3v) is 2.86. The number of carbonyl (C=O) groups is 2. The van der Waals surface area contributed by atoms with Crippen LogP contribution >= 0.6 is 11.7 Å². The second kappa shape index (κ2) is 3.93. The third kappa shape index (κ3) is 1.82. The fourth-order valence-electron chi connectivity index (χ4n) is 1.67. The number of carboxylic acid groups (broad SMARTS) is 1. The molecule has 0 saturated carbocycles. The standard InChI is InChI=1S/C8H9N3O3S/c12-7(5-4-9-15-10-5)11-3-1-2-6(11)8(13)14/h4,6H,1-3H2,(H,13,14)/t6-/m0/s1. The molecule has 15 heavy (non-hydrogen) atoms. The number of rotatable bonds is 2. The van der Waals surface area contributed by atoms with Crippen LogP contribution in [0.1, 0.15) is 23.3 Å². The van der Waals surface area contributed by atoms with Crippen LogP contribution in [-0.4, -0.2) is 43.2 Å². The van der Waals surface area contributed by atoms with Crippen molar-refractivity contribution in [3.63, 3.8) is 0 Å². The molecule has 1 aromatic heterocycles. The number of nitrogens with zero attached hydrogens (tertiary/aromatic N) is 3. The summed E-state index contributed by atoms with van der Waals surface area (Å²) in [6.07, 6.45) is 2.60. The van der Waals surface area contributed by atoms with Crippen LogP contribution in [0.15, 0.2) is 6.20 Å². The fraction of sp³-hybridized carbons (Fsp3) is 0.500. The minimum atomic E-state index is -0.955. The van der Waals surface area contributed by atoms with Crippen molar-refractivity contribution in [1.82, 2.24) is 13.6 Å². The van der Waals surface area contributed by atoms with E-state index in [9.17, 15) is 9.59 Å². The Hall–Kier alpha value is -1.50. The molecule has 1 aromatic rings. The topological polar surface area (TPSA) is 83.4 Å². The van der Waals surface area contributed by atoms with E-state index in [2.05, 4.69) is 8.75 Å². The van der Waals surface area contributed by atoms with Gasteiger partial charge in [0, 0.05) is 6.54 Å². The molecule has 1 N–H and O–H groups in total. The molecule has 1 aliphatic heterocycles. The Labute approximate surface area is 89.9 Å². The fourth-order valence-corrected chi connectivity index (χ4v) is 2.08. The number of aliphatic carboxylic acids is 1. The monoisotopic (exact) mass is 227 g/mol. The third-order valence-electron chi connectivity index (χ3n) is 2.38. The van der Waals surface area contributed by atoms with E-state index in [-0.39, 0.29) is 11.6 Å². The average Bonchev–Trinajstić information content (AvgIpc) is 2.88. The highest BCUT2D eigenvalue weighted by molar-refractivity contribution is 6.99. The maximum absolute atomic E-state index is 11.8. The highest BCUT2D eigenvalue weighted by Crippen LogP contribution is 2.19. The highest BCUT2D eigenvalue weighted by atomic mass is 32.1. The molecule has 7 heteroatoms. The zero-order chi connectivity index (χ0) is 10.8. The lowest BCUT2D eigenvalue weighted by atomic mass is 10.2. The molecule has 0 aromatic carbocycles. The van der Waals surface area contributed by atoms with Gasteiger partial charge in [0.1, 0.15) is 6.04 Å². The maximum atomic E-state index is 11.8. The Balaban J connectivity index is 2.17. The van der Waals surface area contributed by atoms with Gasteiger partial charge in [-0.3, -0.25) is 4.79 Å². The Bertz CT molecular complexity index is 378. The summed E-state index contributed by atoms with van der Waals surface area (Å²) in [4.78, 5) is 24.0. The van der Waals surface area contributed by atoms with Crippen LogP contribution in [0.25, 0.3) is 0 Å². The molecule has 2 rings (SSSR count). The lowest BCUT2D eigenvalue weighted by molar-refractivity contribution is -0.141. The second-order valence-electron chi connectivity index (χ2n) is 3.29. The normalized spacial score (nSPS) is 20.5. The molecule has 0 unspecified atom stereocenters. The van der Waals surface area contributed by atoms with Crippen LogP contribution in [0, 0.1) is 0 Å². The Morgan fingerprint density at radius 3 is 3.00 bits per heavy atom. The van der Waals surface area contributed by atoms with E-state index >= 15 is 0 Å². The predicted molar refractivity (Wildman–Crippen MR) is 51.6 cm³/mol. The molecule has 0 spiro atoms. The molecule has 0 radical (unpaired) electrons. The Morgan fingerprint density at radius 2 is 2.40 bits per heavy atom. The molecule has 1 atom stereocenters. The Kier molecular flexibility index (Phi) is 2.63. The van der Waals surface area contributed by atoms with Crippen LogP contribution in [-0.2, 0) is 4.79 Å². The summed E-state index contributed by atoms with van der Waals surface area (Å²) in [5.41, 5.74) is 0.230. The Morgan fingerprint density at radius 1 is 1.60 bits per heavy atom. The number of aromatic nitrogens is 2. The molecule has 1 aliphatic rings. The lowest BCUT2D eigenvalue weighted by Crippen LogP contribution is -2.40. The summed E-state index contributed by atoms with van der Waals surface area (Å²) in [6, 6.07) is -0.709. The zero-order valence-corrected chi connectivity index (χ0v) is 8.61. The van der Waals surface area contributed by atoms with Crippen molar-refractivity contribution in [3.05, 3.63) is 11.9 Å². The van der Waals surface area contributed by atoms with Crippen LogP contribution in [0.5, 0.6) is 0 Å². The van der Waals surface area contributed by atoms with Crippen LogP contribution in [0.2, 0.25) is 0 Å². The van der Waals surface area contributed by atoms with Crippen molar-refractivity contribution >= 4 is 23.6 Å². The number of likely N-dealkylation sites (tertiary alicyclic amines) is 1. The zero-order valence-electron chi connectivity index (χ0n) is 7.79. The summed E-state index contributed by atoms with van der Waals surface area (Å²) < 4.78 is 7.52. The van der Waals surface area contributed by atoms with Crippen LogP contribution in [0.3, 0.4) is 0 Å². The molecular formula is C8H9N3O3S. The van der Waals surface area contributed by atoms with Gasteiger partial charge in [-0.25, -0.2) is 4.79 Å². The van der Waals surface area contributed by atoms with Gasteiger partial charge in [0.2, 0.25) is 0 Å². The molecule has 0 bridgehead atoms. The van der Waals surface area contributed by atoms with Crippen LogP contribution < -0.4 is 0 Å². The van der Waals surface area contributed by atoms with Crippen molar-refractivity contribution < 1.29 is 14.7 Å². The summed E-state index contributed by atoms with van der Waals surface area (Å²) in [7, 11) is 0. The summed E-state index contributed by atoms with van der Waals surface area (Å²) >= 11 is 0.941. The quantitative estimate of drug-likeness (QED) is 0.781. The van der Waals surface area contributed by atoms with Gasteiger partial charge in [-0.05, 0) is 12.8 Å². The van der Waals surface area contributed by atoms with Gasteiger partial charge in [0.25, 0.3) is 5.91 Å². The molecule has 1 saturated heterocycles. The molecule has 2 heterocycles. The molecule has 80 valence electrons. The number of hydrogen-bond donors (Lipinski definition) is 1. The molecule has 1 fully saturated rings. The average molecular weight is 227 g/mol. The predicted octanol–water partition coefficient (Wildman–Crippen LogP) is 0.227. The van der Waals surface area contributed by atoms with Crippen molar-refractivity contribution in [2.24, 2.45) is 0 Å². The minimum Gasteiger partial charge on any atom is -0.480 e. The smallest absolute Gasteiger partial charge is 0.326 e. The van der Waals surface area contributed by atoms with E-state index in [4.69, 9.17) is 5.11 Å². The van der Waals surface area contributed by atoms with E-state index in [0.29, 0.717) is 13.0 Å². The number of amides is 1. The minimum absolute atomic E-state index is 0.230. The van der Waals surface area contributed by atoms with Gasteiger partial charge in [0.05, 0.1) is 17.9 Å². The van der Waals surface area contributed by atoms with E-state index < -0.39 is 12.0 Å². The first-order chi connectivity index (χ1) is 7.20. The van der Waals surface area contributed by atoms with Crippen LogP contribution in [0.4, 0.5) is 0 Å². The van der Waals surface area contributed by atoms with Crippen molar-refractivity contribution in [1.29, 1.82) is 0 Å². The van der Waals surface area contributed by atoms with E-state index in [0.717, 1.165) is 18.1 Å². The van der Waals surface area contributed by atoms with E-state index in [1.54, 1.807) is 0 Å². The largest absolute Gasteiger partial charge is 0.480 e.